The lowest BCUT2D eigenvalue weighted by molar-refractivity contribution is -0.137. The van der Waals surface area contributed by atoms with Gasteiger partial charge in [0.05, 0.1) is 12.7 Å². The van der Waals surface area contributed by atoms with E-state index in [4.69, 9.17) is 16.3 Å². The number of rotatable bonds is 4. The summed E-state index contributed by atoms with van der Waals surface area (Å²) in [7, 11) is 1.52. The number of hydrogen-bond donors (Lipinski definition) is 0. The van der Waals surface area contributed by atoms with E-state index in [0.717, 1.165) is 18.2 Å². The van der Waals surface area contributed by atoms with Crippen LogP contribution in [0, 0.1) is 0 Å². The van der Waals surface area contributed by atoms with E-state index in [1.54, 1.807) is 29.2 Å². The number of halogens is 4. The maximum Gasteiger partial charge on any atom is 0.416 e. The van der Waals surface area contributed by atoms with Crippen LogP contribution in [0.25, 0.3) is 6.08 Å². The highest BCUT2D eigenvalue weighted by atomic mass is 35.5. The first-order valence-electron chi connectivity index (χ1n) is 9.46. The molecule has 164 valence electrons. The molecule has 9 heteroatoms. The Morgan fingerprint density at radius 3 is 2.35 bits per heavy atom. The summed E-state index contributed by atoms with van der Waals surface area (Å²) in [6, 6.07) is 9.77. The fraction of sp³-hybridized carbons (Fsp3) is 0.273. The van der Waals surface area contributed by atoms with Crippen molar-refractivity contribution in [2.45, 2.75) is 6.18 Å². The van der Waals surface area contributed by atoms with Gasteiger partial charge in [-0.3, -0.25) is 9.59 Å². The molecule has 0 unspecified atom stereocenters. The van der Waals surface area contributed by atoms with Crippen LogP contribution >= 0.6 is 11.6 Å². The predicted octanol–water partition coefficient (Wildman–Crippen LogP) is 4.37. The minimum absolute atomic E-state index is 0.108. The van der Waals surface area contributed by atoms with E-state index < -0.39 is 11.7 Å². The molecule has 0 bridgehead atoms. The Hall–Kier alpha value is -3.00. The van der Waals surface area contributed by atoms with Crippen molar-refractivity contribution in [3.8, 4) is 5.75 Å². The second-order valence-electron chi connectivity index (χ2n) is 6.92. The first-order chi connectivity index (χ1) is 14.7. The zero-order chi connectivity index (χ0) is 22.6. The normalized spacial score (nSPS) is 14.7. The highest BCUT2D eigenvalue weighted by molar-refractivity contribution is 6.32. The van der Waals surface area contributed by atoms with Crippen LogP contribution in [0.5, 0.6) is 5.75 Å². The Bertz CT molecular complexity index is 1000. The van der Waals surface area contributed by atoms with Crippen LogP contribution in [0.3, 0.4) is 0 Å². The molecule has 2 amide bonds. The summed E-state index contributed by atoms with van der Waals surface area (Å²) in [5.41, 5.74) is -0.233. The van der Waals surface area contributed by atoms with Gasteiger partial charge >= 0.3 is 6.18 Å². The number of nitrogens with zero attached hydrogens (tertiary/aromatic N) is 2. The highest BCUT2D eigenvalue weighted by Gasteiger charge is 2.30. The minimum Gasteiger partial charge on any atom is -0.497 e. The van der Waals surface area contributed by atoms with Crippen molar-refractivity contribution in [3.05, 3.63) is 70.3 Å². The molecule has 0 saturated carbocycles. The molecule has 1 saturated heterocycles. The van der Waals surface area contributed by atoms with Gasteiger partial charge in [-0.2, -0.15) is 13.2 Å². The van der Waals surface area contributed by atoms with Crippen LogP contribution < -0.4 is 4.74 Å². The summed E-state index contributed by atoms with van der Waals surface area (Å²) < 4.78 is 43.8. The van der Waals surface area contributed by atoms with Crippen molar-refractivity contribution in [2.24, 2.45) is 0 Å². The number of amides is 2. The van der Waals surface area contributed by atoms with Gasteiger partial charge in [0.2, 0.25) is 5.91 Å². The molecule has 0 N–H and O–H groups in total. The Morgan fingerprint density at radius 2 is 1.71 bits per heavy atom. The molecule has 1 fully saturated rings. The fourth-order valence-electron chi connectivity index (χ4n) is 3.18. The zero-order valence-electron chi connectivity index (χ0n) is 16.7. The molecule has 0 spiro atoms. The van der Waals surface area contributed by atoms with Crippen LogP contribution in [0.4, 0.5) is 13.2 Å². The Labute approximate surface area is 182 Å². The van der Waals surface area contributed by atoms with E-state index in [0.29, 0.717) is 37.5 Å². The molecule has 0 radical (unpaired) electrons. The van der Waals surface area contributed by atoms with Crippen molar-refractivity contribution in [2.75, 3.05) is 33.3 Å². The molecule has 0 aromatic heterocycles. The third-order valence-electron chi connectivity index (χ3n) is 4.92. The van der Waals surface area contributed by atoms with Crippen molar-refractivity contribution in [3.63, 3.8) is 0 Å². The van der Waals surface area contributed by atoms with Crippen molar-refractivity contribution >= 4 is 29.5 Å². The van der Waals surface area contributed by atoms with Crippen LogP contribution in [-0.4, -0.2) is 54.9 Å². The molecular weight excluding hydrogens is 433 g/mol. The van der Waals surface area contributed by atoms with E-state index >= 15 is 0 Å². The summed E-state index contributed by atoms with van der Waals surface area (Å²) >= 11 is 5.95. The van der Waals surface area contributed by atoms with E-state index in [1.165, 1.54) is 24.2 Å². The lowest BCUT2D eigenvalue weighted by Gasteiger charge is -2.34. The SMILES string of the molecule is COc1cccc(C(=O)N2CCN(C(=O)/C=C/c3cc(C(F)(F)F)ccc3Cl)CC2)c1. The van der Waals surface area contributed by atoms with E-state index in [1.807, 2.05) is 0 Å². The molecule has 3 rings (SSSR count). The van der Waals surface area contributed by atoms with Crippen LogP contribution in [-0.2, 0) is 11.0 Å². The number of carbonyl (C=O) groups is 2. The van der Waals surface area contributed by atoms with Crippen LogP contribution in [0.1, 0.15) is 21.5 Å². The van der Waals surface area contributed by atoms with Gasteiger partial charge in [-0.25, -0.2) is 0 Å². The molecular formula is C22H20ClF3N2O3. The smallest absolute Gasteiger partial charge is 0.416 e. The second-order valence-corrected chi connectivity index (χ2v) is 7.32. The van der Waals surface area contributed by atoms with E-state index in [-0.39, 0.29) is 22.4 Å². The fourth-order valence-corrected chi connectivity index (χ4v) is 3.36. The Morgan fingerprint density at radius 1 is 1.03 bits per heavy atom. The number of ether oxygens (including phenoxy) is 1. The summed E-state index contributed by atoms with van der Waals surface area (Å²) in [4.78, 5) is 28.3. The quantitative estimate of drug-likeness (QED) is 0.647. The summed E-state index contributed by atoms with van der Waals surface area (Å²) in [6.07, 6.45) is -2.03. The summed E-state index contributed by atoms with van der Waals surface area (Å²) in [5.74, 6) is 0.0669. The van der Waals surface area contributed by atoms with Gasteiger partial charge in [-0.1, -0.05) is 17.7 Å². The lowest BCUT2D eigenvalue weighted by Crippen LogP contribution is -2.50. The zero-order valence-corrected chi connectivity index (χ0v) is 17.4. The maximum absolute atomic E-state index is 12.9. The molecule has 1 heterocycles. The molecule has 1 aliphatic rings. The monoisotopic (exact) mass is 452 g/mol. The number of carbonyl (C=O) groups excluding carboxylic acids is 2. The Kier molecular flexibility index (Phi) is 6.90. The van der Waals surface area contributed by atoms with Gasteiger partial charge in [-0.15, -0.1) is 0 Å². The van der Waals surface area contributed by atoms with Gasteiger partial charge < -0.3 is 14.5 Å². The molecule has 0 atom stereocenters. The predicted molar refractivity (Wildman–Crippen MR) is 111 cm³/mol. The van der Waals surface area contributed by atoms with Crippen LogP contribution in [0.15, 0.2) is 48.5 Å². The largest absolute Gasteiger partial charge is 0.497 e. The molecule has 1 aliphatic heterocycles. The maximum atomic E-state index is 12.9. The van der Waals surface area contributed by atoms with Gasteiger partial charge in [-0.05, 0) is 48.0 Å². The lowest BCUT2D eigenvalue weighted by atomic mass is 10.1. The number of alkyl halides is 3. The van der Waals surface area contributed by atoms with Gasteiger partial charge in [0.1, 0.15) is 5.75 Å². The molecule has 2 aromatic carbocycles. The average molecular weight is 453 g/mol. The van der Waals surface area contributed by atoms with Gasteiger partial charge in [0, 0.05) is 42.8 Å². The van der Waals surface area contributed by atoms with Crippen molar-refractivity contribution < 1.29 is 27.5 Å². The van der Waals surface area contributed by atoms with Crippen molar-refractivity contribution in [1.29, 1.82) is 0 Å². The van der Waals surface area contributed by atoms with E-state index in [2.05, 4.69) is 0 Å². The molecule has 31 heavy (non-hydrogen) atoms. The van der Waals surface area contributed by atoms with Crippen molar-refractivity contribution in [1.82, 2.24) is 9.80 Å². The second kappa shape index (κ2) is 9.43. The third-order valence-corrected chi connectivity index (χ3v) is 5.27. The first kappa shape index (κ1) is 22.7. The van der Waals surface area contributed by atoms with Gasteiger partial charge in [0.25, 0.3) is 5.91 Å². The number of hydrogen-bond acceptors (Lipinski definition) is 3. The first-order valence-corrected chi connectivity index (χ1v) is 9.84. The van der Waals surface area contributed by atoms with E-state index in [9.17, 15) is 22.8 Å². The Balaban J connectivity index is 1.61. The molecule has 0 aliphatic carbocycles. The number of piperazine rings is 1. The molecule has 2 aromatic rings. The minimum atomic E-state index is -4.50. The van der Waals surface area contributed by atoms with Gasteiger partial charge in [0.15, 0.2) is 0 Å². The van der Waals surface area contributed by atoms with Crippen LogP contribution in [0.2, 0.25) is 5.02 Å². The third kappa shape index (κ3) is 5.58. The topological polar surface area (TPSA) is 49.9 Å². The highest BCUT2D eigenvalue weighted by Crippen LogP contribution is 2.32. The average Bonchev–Trinajstić information content (AvgIpc) is 2.77. The standard InChI is InChI=1S/C22H20ClF3N2O3/c1-31-18-4-2-3-16(14-18)21(30)28-11-9-27(10-12-28)20(29)8-5-15-13-17(22(24,25)26)6-7-19(15)23/h2-8,13-14H,9-12H2,1H3/b8-5+. The summed E-state index contributed by atoms with van der Waals surface area (Å²) in [5, 5.41) is 0.116. The number of benzene rings is 2. The molecule has 5 nitrogen and oxygen atoms in total. The summed E-state index contributed by atoms with van der Waals surface area (Å²) in [6.45, 7) is 1.32. The number of methoxy groups -OCH3 is 1.